The molecule has 4 aromatic rings. The lowest BCUT2D eigenvalue weighted by molar-refractivity contribution is 0.388. The molecule has 2 aromatic carbocycles. The number of amidine groups is 1. The van der Waals surface area contributed by atoms with Crippen LogP contribution in [0.25, 0.3) is 22.1 Å². The number of rotatable bonds is 3. The zero-order chi connectivity index (χ0) is 24.7. The number of aryl methyl sites for hydroxylation is 1. The van der Waals surface area contributed by atoms with E-state index in [9.17, 15) is 9.18 Å². The van der Waals surface area contributed by atoms with Gasteiger partial charge in [-0.2, -0.15) is 4.39 Å². The molecule has 9 heteroatoms. The van der Waals surface area contributed by atoms with Gasteiger partial charge in [0.2, 0.25) is 5.95 Å². The summed E-state index contributed by atoms with van der Waals surface area (Å²) in [4.78, 5) is 21.2. The molecule has 35 heavy (non-hydrogen) atoms. The second-order valence-corrected chi connectivity index (χ2v) is 8.11. The Balaban J connectivity index is 1.72. The highest BCUT2D eigenvalue weighted by Gasteiger charge is 2.37. The fraction of sp³-hybridized carbons (Fsp3) is 0.115. The first-order valence-corrected chi connectivity index (χ1v) is 10.8. The van der Waals surface area contributed by atoms with Crippen LogP contribution in [0.1, 0.15) is 22.6 Å². The summed E-state index contributed by atoms with van der Waals surface area (Å²) in [6, 6.07) is 16.3. The van der Waals surface area contributed by atoms with Gasteiger partial charge in [0.25, 0.3) is 0 Å². The third-order valence-electron chi connectivity index (χ3n) is 6.06. The van der Waals surface area contributed by atoms with Crippen LogP contribution in [0.5, 0.6) is 5.75 Å². The standard InChI is InChI=1S/C26H22FN5O3/c1-13-11-16(12-31-23(13)27)14-7-9-15(10-8-14)19-20-22(35-24(28)21(19)25(30-2)32-29)17-5-3-4-6-18(17)34-26(20)33/h3-12,19H,28-29H2,1-2H3,(H,30,32). The Bertz CT molecular complexity index is 1570. The topological polar surface area (TPSA) is 129 Å². The number of hydrogen-bond acceptors (Lipinski definition) is 7. The monoisotopic (exact) mass is 471 g/mol. The number of ether oxygens (including phenoxy) is 1. The minimum absolute atomic E-state index is 0.0687. The quantitative estimate of drug-likeness (QED) is 0.104. The van der Waals surface area contributed by atoms with Crippen LogP contribution in [-0.2, 0) is 0 Å². The van der Waals surface area contributed by atoms with Crippen LogP contribution in [0.2, 0.25) is 0 Å². The van der Waals surface area contributed by atoms with E-state index in [2.05, 4.69) is 15.4 Å². The number of hydrogen-bond donors (Lipinski definition) is 3. The minimum atomic E-state index is -0.670. The summed E-state index contributed by atoms with van der Waals surface area (Å²) < 4.78 is 25.2. The van der Waals surface area contributed by atoms with Crippen molar-refractivity contribution >= 4 is 16.8 Å². The first-order valence-electron chi connectivity index (χ1n) is 10.8. The largest absolute Gasteiger partial charge is 0.440 e. The Morgan fingerprint density at radius 1 is 1.14 bits per heavy atom. The summed E-state index contributed by atoms with van der Waals surface area (Å²) in [5.41, 5.74) is 12.2. The molecule has 2 aromatic heterocycles. The second-order valence-electron chi connectivity index (χ2n) is 8.11. The van der Waals surface area contributed by atoms with Gasteiger partial charge in [-0.15, -0.1) is 0 Å². The van der Waals surface area contributed by atoms with E-state index in [0.717, 1.165) is 16.7 Å². The molecule has 0 amide bonds. The fourth-order valence-corrected chi connectivity index (χ4v) is 4.38. The van der Waals surface area contributed by atoms with E-state index in [1.807, 2.05) is 30.3 Å². The maximum Gasteiger partial charge on any atom is 0.344 e. The Labute approximate surface area is 199 Å². The Morgan fingerprint density at radius 3 is 2.57 bits per heavy atom. The summed E-state index contributed by atoms with van der Waals surface area (Å²) in [5, 5.41) is 0.620. The Kier molecular flexibility index (Phi) is 5.54. The lowest BCUT2D eigenvalue weighted by Crippen LogP contribution is -2.39. The van der Waals surface area contributed by atoms with Gasteiger partial charge >= 0.3 is 5.63 Å². The van der Waals surface area contributed by atoms with Crippen molar-refractivity contribution in [1.29, 1.82) is 0 Å². The lowest BCUT2D eigenvalue weighted by atomic mass is 9.82. The van der Waals surface area contributed by atoms with Gasteiger partial charge < -0.3 is 20.3 Å². The molecule has 0 spiro atoms. The van der Waals surface area contributed by atoms with Gasteiger partial charge in [0, 0.05) is 24.4 Å². The molecular weight excluding hydrogens is 449 g/mol. The molecule has 8 nitrogen and oxygen atoms in total. The van der Waals surface area contributed by atoms with Gasteiger partial charge in [-0.05, 0) is 36.2 Å². The van der Waals surface area contributed by atoms with E-state index < -0.39 is 17.5 Å². The molecule has 0 radical (unpaired) electrons. The Hall–Kier alpha value is -4.50. The van der Waals surface area contributed by atoms with Crippen LogP contribution >= 0.6 is 0 Å². The minimum Gasteiger partial charge on any atom is -0.440 e. The molecule has 0 aliphatic carbocycles. The van der Waals surface area contributed by atoms with E-state index in [-0.39, 0.29) is 17.3 Å². The summed E-state index contributed by atoms with van der Waals surface area (Å²) in [7, 11) is 1.55. The van der Waals surface area contributed by atoms with Crippen molar-refractivity contribution in [3.8, 4) is 16.9 Å². The van der Waals surface area contributed by atoms with Gasteiger partial charge in [-0.3, -0.25) is 4.99 Å². The average Bonchev–Trinajstić information content (AvgIpc) is 2.87. The van der Waals surface area contributed by atoms with E-state index >= 15 is 0 Å². The molecule has 5 rings (SSSR count). The third kappa shape index (κ3) is 3.71. The number of aromatic nitrogens is 1. The highest BCUT2D eigenvalue weighted by molar-refractivity contribution is 6.01. The number of hydrazine groups is 1. The van der Waals surface area contributed by atoms with Crippen molar-refractivity contribution < 1.29 is 13.5 Å². The molecule has 3 heterocycles. The van der Waals surface area contributed by atoms with Gasteiger partial charge in [0.1, 0.15) is 11.4 Å². The predicted octanol–water partition coefficient (Wildman–Crippen LogP) is 3.49. The molecule has 1 aliphatic rings. The van der Waals surface area contributed by atoms with Gasteiger partial charge in [0.15, 0.2) is 11.6 Å². The van der Waals surface area contributed by atoms with Crippen LogP contribution in [0, 0.1) is 12.9 Å². The van der Waals surface area contributed by atoms with Crippen molar-refractivity contribution in [3.63, 3.8) is 0 Å². The zero-order valence-electron chi connectivity index (χ0n) is 19.0. The molecule has 0 saturated heterocycles. The van der Waals surface area contributed by atoms with Crippen molar-refractivity contribution in [1.82, 2.24) is 10.4 Å². The van der Waals surface area contributed by atoms with E-state index in [1.165, 1.54) is 6.20 Å². The molecule has 1 aliphatic heterocycles. The third-order valence-corrected chi connectivity index (χ3v) is 6.06. The summed E-state index contributed by atoms with van der Waals surface area (Å²) in [6.45, 7) is 1.66. The summed E-state index contributed by atoms with van der Waals surface area (Å²) >= 11 is 0. The zero-order valence-corrected chi connectivity index (χ0v) is 19.0. The van der Waals surface area contributed by atoms with Crippen molar-refractivity contribution in [2.45, 2.75) is 12.8 Å². The first-order chi connectivity index (χ1) is 16.9. The van der Waals surface area contributed by atoms with Gasteiger partial charge in [0.05, 0.1) is 22.4 Å². The SMILES string of the molecule is CN=C(NN)C1=C(N)Oc2c(c(=O)oc3ccccc23)C1c1ccc(-c2cnc(F)c(C)c2)cc1. The number of halogens is 1. The van der Waals surface area contributed by atoms with Crippen molar-refractivity contribution in [2.24, 2.45) is 16.6 Å². The number of benzene rings is 2. The molecule has 1 unspecified atom stereocenters. The van der Waals surface area contributed by atoms with Crippen LogP contribution in [0.4, 0.5) is 4.39 Å². The lowest BCUT2D eigenvalue weighted by Gasteiger charge is -2.29. The number of nitrogens with two attached hydrogens (primary N) is 2. The van der Waals surface area contributed by atoms with Gasteiger partial charge in [-0.1, -0.05) is 36.4 Å². The van der Waals surface area contributed by atoms with Gasteiger partial charge in [-0.25, -0.2) is 15.6 Å². The van der Waals surface area contributed by atoms with Crippen LogP contribution in [0.15, 0.2) is 86.5 Å². The van der Waals surface area contributed by atoms with Crippen LogP contribution in [0.3, 0.4) is 0 Å². The maximum absolute atomic E-state index is 13.6. The van der Waals surface area contributed by atoms with Crippen molar-refractivity contribution in [2.75, 3.05) is 7.05 Å². The fourth-order valence-electron chi connectivity index (χ4n) is 4.38. The molecular formula is C26H22FN5O3. The van der Waals surface area contributed by atoms with Crippen LogP contribution < -0.4 is 27.4 Å². The van der Waals surface area contributed by atoms with Crippen molar-refractivity contribution in [3.05, 3.63) is 105 Å². The molecule has 0 fully saturated rings. The number of pyridine rings is 1. The molecule has 0 bridgehead atoms. The van der Waals surface area contributed by atoms with Crippen LogP contribution in [-0.4, -0.2) is 17.9 Å². The average molecular weight is 471 g/mol. The predicted molar refractivity (Wildman–Crippen MR) is 131 cm³/mol. The molecule has 0 saturated carbocycles. The molecule has 1 atom stereocenters. The number of nitrogens with zero attached hydrogens (tertiary/aromatic N) is 2. The first kappa shape index (κ1) is 22.3. The maximum atomic E-state index is 13.6. The highest BCUT2D eigenvalue weighted by Crippen LogP contribution is 2.44. The number of para-hydroxylation sites is 1. The number of nitrogens with one attached hydrogen (secondary N) is 1. The van der Waals surface area contributed by atoms with E-state index in [4.69, 9.17) is 20.7 Å². The van der Waals surface area contributed by atoms with E-state index in [0.29, 0.717) is 27.9 Å². The Morgan fingerprint density at radius 2 is 1.89 bits per heavy atom. The summed E-state index contributed by atoms with van der Waals surface area (Å²) in [6.07, 6.45) is 1.48. The summed E-state index contributed by atoms with van der Waals surface area (Å²) in [5.74, 6) is 5.22. The highest BCUT2D eigenvalue weighted by atomic mass is 19.1. The second kappa shape index (κ2) is 8.69. The van der Waals surface area contributed by atoms with E-state index in [1.54, 1.807) is 38.2 Å². The molecule has 5 N–H and O–H groups in total. The number of fused-ring (bicyclic) bond motifs is 3. The normalized spacial score (nSPS) is 15.7. The smallest absolute Gasteiger partial charge is 0.344 e. The molecule has 176 valence electrons. The number of aliphatic imine (C=N–C) groups is 1.